The molecule has 0 nitrogen and oxygen atoms in total. The van der Waals surface area contributed by atoms with Gasteiger partial charge in [-0.15, -0.1) is 0 Å². The predicted octanol–water partition coefficient (Wildman–Crippen LogP) is 3.53. The molecule has 0 spiro atoms. The molecule has 0 aliphatic rings. The van der Waals surface area contributed by atoms with E-state index in [1.54, 1.807) is 5.25 Å². The molecule has 0 aromatic heterocycles. The number of benzene rings is 1. The van der Waals surface area contributed by atoms with E-state index in [1.165, 1.54) is 22.0 Å². The Balaban J connectivity index is 2.21. The number of hydrogen-bond acceptors (Lipinski definition) is 0. The Morgan fingerprint density at radius 3 is 2.29 bits per heavy atom. The van der Waals surface area contributed by atoms with Crippen LogP contribution in [0, 0.1) is 0 Å². The molecule has 1 unspecified atom stereocenters. The van der Waals surface area contributed by atoms with Crippen molar-refractivity contribution in [1.29, 1.82) is 0 Å². The quantitative estimate of drug-likeness (QED) is 0.547. The van der Waals surface area contributed by atoms with Gasteiger partial charge >= 0.3 is 94.3 Å². The van der Waals surface area contributed by atoms with Crippen molar-refractivity contribution < 1.29 is 0 Å². The summed E-state index contributed by atoms with van der Waals surface area (Å²) in [6, 6.07) is 10.9. The Morgan fingerprint density at radius 2 is 1.71 bits per heavy atom. The second kappa shape index (κ2) is 7.48. The van der Waals surface area contributed by atoms with E-state index in [-0.39, 0.29) is 0 Å². The number of rotatable bonds is 6. The van der Waals surface area contributed by atoms with E-state index in [0.29, 0.717) is 0 Å². The summed E-state index contributed by atoms with van der Waals surface area (Å²) in [6.07, 6.45) is 1.45. The first kappa shape index (κ1) is 12.3. The van der Waals surface area contributed by atoms with Gasteiger partial charge in [0.2, 0.25) is 0 Å². The Bertz CT molecular complexity index is 231. The monoisotopic (exact) mass is 269 g/mol. The first-order chi connectivity index (χ1) is 6.86. The Hall–Kier alpha value is 0.193. The second-order valence-corrected chi connectivity index (χ2v) is 12.1. The molecule has 0 N–H and O–H groups in total. The van der Waals surface area contributed by atoms with Crippen LogP contribution in [0.25, 0.3) is 0 Å². The fourth-order valence-electron chi connectivity index (χ4n) is 1.54. The van der Waals surface area contributed by atoms with E-state index in [9.17, 15) is 0 Å². The van der Waals surface area contributed by atoms with E-state index >= 15 is 0 Å². The van der Waals surface area contributed by atoms with Crippen molar-refractivity contribution in [3.8, 4) is 0 Å². The third-order valence-electron chi connectivity index (χ3n) is 2.58. The van der Waals surface area contributed by atoms with Gasteiger partial charge in [-0.2, -0.15) is 0 Å². The average molecular weight is 268 g/mol. The summed E-state index contributed by atoms with van der Waals surface area (Å²) in [4.78, 5) is 0. The predicted molar refractivity (Wildman–Crippen MR) is 70.8 cm³/mol. The molecule has 0 saturated heterocycles. The summed E-state index contributed by atoms with van der Waals surface area (Å²) in [6.45, 7) is 4.76. The summed E-state index contributed by atoms with van der Waals surface area (Å²) in [7, 11) is 1.04. The van der Waals surface area contributed by atoms with Crippen LogP contribution in [0.2, 0.25) is 15.8 Å². The zero-order valence-corrected chi connectivity index (χ0v) is 12.3. The molecule has 1 rings (SSSR count). The Labute approximate surface area is 94.4 Å². The van der Waals surface area contributed by atoms with Crippen LogP contribution in [0.1, 0.15) is 13.8 Å². The molecule has 1 atom stereocenters. The standard InChI is InChI=1S/C12H20GeP/c1-3-13(4-2)10-11-14-12-8-6-5-7-9-12/h5-9,14H,3-4,10-11H2,1-2H3. The average Bonchev–Trinajstić information content (AvgIpc) is 2.26. The summed E-state index contributed by atoms with van der Waals surface area (Å²) in [5.74, 6) is 0. The molecule has 2 heteroatoms. The Morgan fingerprint density at radius 1 is 1.07 bits per heavy atom. The molecule has 0 aliphatic heterocycles. The van der Waals surface area contributed by atoms with Gasteiger partial charge in [0.25, 0.3) is 0 Å². The van der Waals surface area contributed by atoms with Gasteiger partial charge in [-0.05, 0) is 0 Å². The molecular formula is C12H20GeP. The van der Waals surface area contributed by atoms with Gasteiger partial charge in [0.1, 0.15) is 0 Å². The van der Waals surface area contributed by atoms with Crippen molar-refractivity contribution in [3.63, 3.8) is 0 Å². The van der Waals surface area contributed by atoms with Gasteiger partial charge in [-0.3, -0.25) is 0 Å². The van der Waals surface area contributed by atoms with E-state index in [4.69, 9.17) is 0 Å². The molecule has 0 amide bonds. The van der Waals surface area contributed by atoms with Gasteiger partial charge < -0.3 is 0 Å². The summed E-state index contributed by atoms with van der Waals surface area (Å²) < 4.78 is 0. The van der Waals surface area contributed by atoms with Crippen LogP contribution in [0.4, 0.5) is 0 Å². The van der Waals surface area contributed by atoms with Crippen molar-refractivity contribution in [2.75, 3.05) is 6.16 Å². The van der Waals surface area contributed by atoms with Gasteiger partial charge in [-0.1, -0.05) is 0 Å². The molecule has 1 aromatic rings. The van der Waals surface area contributed by atoms with Crippen molar-refractivity contribution in [2.45, 2.75) is 29.6 Å². The second-order valence-electron chi connectivity index (χ2n) is 3.50. The fourth-order valence-corrected chi connectivity index (χ4v) is 8.28. The molecular weight excluding hydrogens is 248 g/mol. The molecule has 1 radical (unpaired) electrons. The van der Waals surface area contributed by atoms with Crippen molar-refractivity contribution in [3.05, 3.63) is 30.3 Å². The van der Waals surface area contributed by atoms with Crippen LogP contribution in [-0.2, 0) is 0 Å². The van der Waals surface area contributed by atoms with Gasteiger partial charge in [0.05, 0.1) is 0 Å². The maximum atomic E-state index is 2.38. The van der Waals surface area contributed by atoms with E-state index < -0.39 is 14.3 Å². The van der Waals surface area contributed by atoms with Crippen LogP contribution >= 0.6 is 8.58 Å². The zero-order chi connectivity index (χ0) is 10.2. The minimum absolute atomic E-state index is 0.582. The van der Waals surface area contributed by atoms with Crippen LogP contribution < -0.4 is 5.30 Å². The van der Waals surface area contributed by atoms with Crippen molar-refractivity contribution >= 4 is 28.2 Å². The van der Waals surface area contributed by atoms with Crippen molar-refractivity contribution in [2.24, 2.45) is 0 Å². The van der Waals surface area contributed by atoms with Gasteiger partial charge in [0.15, 0.2) is 0 Å². The third kappa shape index (κ3) is 4.62. The fraction of sp³-hybridized carbons (Fsp3) is 0.500. The third-order valence-corrected chi connectivity index (χ3v) is 11.1. The van der Waals surface area contributed by atoms with Gasteiger partial charge in [-0.25, -0.2) is 0 Å². The van der Waals surface area contributed by atoms with E-state index in [0.717, 1.165) is 8.58 Å². The maximum absolute atomic E-state index is 2.38. The van der Waals surface area contributed by atoms with Crippen LogP contribution in [0.3, 0.4) is 0 Å². The topological polar surface area (TPSA) is 0 Å². The SMILES string of the molecule is C[CH2][Ge]([CH2]C)[CH2]CPc1ccccc1. The summed E-state index contributed by atoms with van der Waals surface area (Å²) in [5, 5.41) is 6.13. The molecule has 0 aliphatic carbocycles. The molecule has 0 bridgehead atoms. The Kier molecular flexibility index (Phi) is 6.55. The normalized spacial score (nSPS) is 11.6. The van der Waals surface area contributed by atoms with Crippen LogP contribution in [0.15, 0.2) is 30.3 Å². The first-order valence-corrected chi connectivity index (χ1v) is 11.1. The number of hydrogen-bond donors (Lipinski definition) is 0. The minimum atomic E-state index is -0.582. The zero-order valence-electron chi connectivity index (χ0n) is 9.22. The molecule has 0 heterocycles. The molecule has 0 fully saturated rings. The van der Waals surface area contributed by atoms with Crippen LogP contribution in [-0.4, -0.2) is 20.5 Å². The van der Waals surface area contributed by atoms with Crippen LogP contribution in [0.5, 0.6) is 0 Å². The van der Waals surface area contributed by atoms with E-state index in [2.05, 4.69) is 44.2 Å². The van der Waals surface area contributed by atoms with E-state index in [1.807, 2.05) is 0 Å². The van der Waals surface area contributed by atoms with Gasteiger partial charge in [0, 0.05) is 0 Å². The van der Waals surface area contributed by atoms with Crippen molar-refractivity contribution in [1.82, 2.24) is 0 Å². The molecule has 77 valence electrons. The summed E-state index contributed by atoms with van der Waals surface area (Å²) in [5.41, 5.74) is 0. The first-order valence-electron chi connectivity index (χ1n) is 5.49. The summed E-state index contributed by atoms with van der Waals surface area (Å²) >= 11 is -0.582. The molecule has 1 aromatic carbocycles. The molecule has 14 heavy (non-hydrogen) atoms. The molecule has 0 saturated carbocycles.